The van der Waals surface area contributed by atoms with Crippen molar-refractivity contribution in [1.29, 1.82) is 0 Å². The molecule has 0 unspecified atom stereocenters. The molecular formula is C22H25F3IN5O2. The Morgan fingerprint density at radius 2 is 1.91 bits per heavy atom. The molecule has 0 atom stereocenters. The maximum absolute atomic E-state index is 14.6. The van der Waals surface area contributed by atoms with Gasteiger partial charge in [-0.3, -0.25) is 4.99 Å². The number of hydrogen-bond donors (Lipinski definition) is 2. The second-order valence-corrected chi connectivity index (χ2v) is 6.76. The summed E-state index contributed by atoms with van der Waals surface area (Å²) < 4.78 is 51.3. The highest BCUT2D eigenvalue weighted by Crippen LogP contribution is 2.25. The predicted molar refractivity (Wildman–Crippen MR) is 130 cm³/mol. The smallest absolute Gasteiger partial charge is 0.387 e. The molecule has 7 nitrogen and oxygen atoms in total. The lowest BCUT2D eigenvalue weighted by atomic mass is 10.2. The Morgan fingerprint density at radius 1 is 1.15 bits per heavy atom. The second-order valence-electron chi connectivity index (χ2n) is 6.76. The van der Waals surface area contributed by atoms with Crippen LogP contribution < -0.4 is 20.1 Å². The van der Waals surface area contributed by atoms with E-state index in [4.69, 9.17) is 4.74 Å². The lowest BCUT2D eigenvalue weighted by Gasteiger charge is -2.16. The Kier molecular flexibility index (Phi) is 9.82. The van der Waals surface area contributed by atoms with Crippen LogP contribution in [0.3, 0.4) is 0 Å². The molecule has 0 saturated carbocycles. The van der Waals surface area contributed by atoms with E-state index in [1.165, 1.54) is 25.3 Å². The van der Waals surface area contributed by atoms with Gasteiger partial charge in [-0.2, -0.15) is 8.78 Å². The van der Waals surface area contributed by atoms with E-state index in [1.54, 1.807) is 49.1 Å². The lowest BCUT2D eigenvalue weighted by molar-refractivity contribution is -0.0505. The van der Waals surface area contributed by atoms with Crippen molar-refractivity contribution in [2.24, 2.45) is 4.99 Å². The van der Waals surface area contributed by atoms with Crippen LogP contribution in [0, 0.1) is 12.7 Å². The first-order valence-corrected chi connectivity index (χ1v) is 9.76. The first-order valence-electron chi connectivity index (χ1n) is 9.76. The van der Waals surface area contributed by atoms with Gasteiger partial charge in [-0.05, 0) is 42.8 Å². The van der Waals surface area contributed by atoms with Crippen LogP contribution in [0.15, 0.2) is 53.8 Å². The summed E-state index contributed by atoms with van der Waals surface area (Å²) in [5.41, 5.74) is 1.59. The summed E-state index contributed by atoms with van der Waals surface area (Å²) in [4.78, 5) is 8.22. The normalized spacial score (nSPS) is 11.2. The Labute approximate surface area is 207 Å². The molecule has 0 saturated heterocycles. The van der Waals surface area contributed by atoms with Gasteiger partial charge >= 0.3 is 6.61 Å². The standard InChI is InChI=1S/C22H24F3N5O2.HI/c1-14-27-8-9-30(14)19-6-4-15(10-18(19)23)12-28-22(26-2)29-13-16-11-17(31-3)5-7-20(16)32-21(24)25;/h4-11,21H,12-13H2,1-3H3,(H2,26,28,29);1H. The summed E-state index contributed by atoms with van der Waals surface area (Å²) in [5.74, 6) is 1.27. The number of rotatable bonds is 8. The first kappa shape index (κ1) is 26.3. The van der Waals surface area contributed by atoms with Crippen molar-refractivity contribution in [3.8, 4) is 17.2 Å². The van der Waals surface area contributed by atoms with Crippen LogP contribution in [-0.4, -0.2) is 36.3 Å². The molecule has 3 aromatic rings. The SMILES string of the molecule is CN=C(NCc1ccc(-n2ccnc2C)c(F)c1)NCc1cc(OC)ccc1OC(F)F.I. The molecule has 33 heavy (non-hydrogen) atoms. The largest absolute Gasteiger partial charge is 0.497 e. The average Bonchev–Trinajstić information content (AvgIpc) is 3.20. The van der Waals surface area contributed by atoms with Crippen LogP contribution in [0.2, 0.25) is 0 Å². The topological polar surface area (TPSA) is 72.7 Å². The van der Waals surface area contributed by atoms with Crippen molar-refractivity contribution >= 4 is 29.9 Å². The van der Waals surface area contributed by atoms with E-state index in [0.29, 0.717) is 40.9 Å². The highest BCUT2D eigenvalue weighted by molar-refractivity contribution is 14.0. The van der Waals surface area contributed by atoms with Crippen LogP contribution in [0.1, 0.15) is 17.0 Å². The predicted octanol–water partition coefficient (Wildman–Crippen LogP) is 4.41. The summed E-state index contributed by atoms with van der Waals surface area (Å²) in [7, 11) is 3.06. The number of imidazole rings is 1. The molecule has 0 radical (unpaired) electrons. The number of methoxy groups -OCH3 is 1. The van der Waals surface area contributed by atoms with E-state index in [-0.39, 0.29) is 42.1 Å². The van der Waals surface area contributed by atoms with Crippen molar-refractivity contribution in [2.75, 3.05) is 14.2 Å². The molecule has 0 amide bonds. The van der Waals surface area contributed by atoms with Crippen LogP contribution in [0.25, 0.3) is 5.69 Å². The molecule has 0 fully saturated rings. The fraction of sp³-hybridized carbons (Fsp3) is 0.273. The number of nitrogens with zero attached hydrogens (tertiary/aromatic N) is 3. The second kappa shape index (κ2) is 12.3. The number of hydrogen-bond acceptors (Lipinski definition) is 4. The molecule has 178 valence electrons. The van der Waals surface area contributed by atoms with Crippen molar-refractivity contribution in [3.05, 3.63) is 71.6 Å². The van der Waals surface area contributed by atoms with E-state index >= 15 is 0 Å². The molecule has 2 aromatic carbocycles. The quantitative estimate of drug-likeness (QED) is 0.237. The molecule has 1 aromatic heterocycles. The van der Waals surface area contributed by atoms with Crippen LogP contribution in [0.4, 0.5) is 13.2 Å². The Hall–Kier alpha value is -2.96. The minimum atomic E-state index is -2.94. The minimum absolute atomic E-state index is 0. The zero-order chi connectivity index (χ0) is 23.1. The summed E-state index contributed by atoms with van der Waals surface area (Å²) in [6, 6.07) is 9.48. The molecule has 0 aliphatic rings. The maximum Gasteiger partial charge on any atom is 0.387 e. The average molecular weight is 575 g/mol. The Morgan fingerprint density at radius 3 is 2.52 bits per heavy atom. The minimum Gasteiger partial charge on any atom is -0.497 e. The van der Waals surface area contributed by atoms with Gasteiger partial charge in [0.1, 0.15) is 23.1 Å². The monoisotopic (exact) mass is 575 g/mol. The van der Waals surface area contributed by atoms with Gasteiger partial charge in [0.15, 0.2) is 5.96 Å². The molecule has 1 heterocycles. The summed E-state index contributed by atoms with van der Waals surface area (Å²) in [6.07, 6.45) is 3.31. The molecule has 0 spiro atoms. The van der Waals surface area contributed by atoms with Crippen LogP contribution in [0.5, 0.6) is 11.5 Å². The molecular weight excluding hydrogens is 550 g/mol. The van der Waals surface area contributed by atoms with Gasteiger partial charge in [-0.25, -0.2) is 9.37 Å². The van der Waals surface area contributed by atoms with Gasteiger partial charge in [0.05, 0.1) is 12.8 Å². The number of halogens is 4. The van der Waals surface area contributed by atoms with E-state index in [0.717, 1.165) is 0 Å². The van der Waals surface area contributed by atoms with Crippen molar-refractivity contribution < 1.29 is 22.6 Å². The molecule has 2 N–H and O–H groups in total. The molecule has 0 aliphatic heterocycles. The van der Waals surface area contributed by atoms with Gasteiger partial charge in [0.2, 0.25) is 0 Å². The van der Waals surface area contributed by atoms with Gasteiger partial charge in [0, 0.05) is 38.1 Å². The van der Waals surface area contributed by atoms with Gasteiger partial charge in [-0.15, -0.1) is 24.0 Å². The molecule has 0 bridgehead atoms. The molecule has 0 aliphatic carbocycles. The summed E-state index contributed by atoms with van der Waals surface area (Å²) in [5, 5.41) is 6.10. The van der Waals surface area contributed by atoms with E-state index in [9.17, 15) is 13.2 Å². The van der Waals surface area contributed by atoms with Gasteiger partial charge in [0.25, 0.3) is 0 Å². The van der Waals surface area contributed by atoms with E-state index in [1.807, 2.05) is 0 Å². The number of benzene rings is 2. The zero-order valence-electron chi connectivity index (χ0n) is 18.3. The van der Waals surface area contributed by atoms with Gasteiger partial charge in [-0.1, -0.05) is 6.07 Å². The van der Waals surface area contributed by atoms with Crippen LogP contribution >= 0.6 is 24.0 Å². The third-order valence-electron chi connectivity index (χ3n) is 4.71. The van der Waals surface area contributed by atoms with Crippen molar-refractivity contribution in [2.45, 2.75) is 26.6 Å². The lowest BCUT2D eigenvalue weighted by Crippen LogP contribution is -2.36. The van der Waals surface area contributed by atoms with Crippen molar-refractivity contribution in [1.82, 2.24) is 20.2 Å². The summed E-state index contributed by atoms with van der Waals surface area (Å²) in [6.45, 7) is -0.682. The Balaban J connectivity index is 0.00000385. The number of aliphatic imine (C=N–C) groups is 1. The fourth-order valence-electron chi connectivity index (χ4n) is 3.11. The first-order chi connectivity index (χ1) is 15.4. The van der Waals surface area contributed by atoms with E-state index < -0.39 is 6.61 Å². The highest BCUT2D eigenvalue weighted by atomic mass is 127. The maximum atomic E-state index is 14.6. The number of alkyl halides is 2. The van der Waals surface area contributed by atoms with Gasteiger partial charge < -0.3 is 24.7 Å². The zero-order valence-corrected chi connectivity index (χ0v) is 20.6. The third kappa shape index (κ3) is 7.01. The molecule has 3 rings (SSSR count). The van der Waals surface area contributed by atoms with Crippen LogP contribution in [-0.2, 0) is 13.1 Å². The molecule has 11 heteroatoms. The fourth-order valence-corrected chi connectivity index (χ4v) is 3.11. The highest BCUT2D eigenvalue weighted by Gasteiger charge is 2.12. The summed E-state index contributed by atoms with van der Waals surface area (Å²) >= 11 is 0. The number of ether oxygens (including phenoxy) is 2. The Bertz CT molecular complexity index is 1090. The number of guanidine groups is 1. The number of aromatic nitrogens is 2. The van der Waals surface area contributed by atoms with Crippen molar-refractivity contribution in [3.63, 3.8) is 0 Å². The van der Waals surface area contributed by atoms with E-state index in [2.05, 4.69) is 25.3 Å². The number of nitrogens with one attached hydrogen (secondary N) is 2. The number of aryl methyl sites for hydroxylation is 1. The third-order valence-corrected chi connectivity index (χ3v) is 4.71.